The number of hydrogen-bond acceptors (Lipinski definition) is 4. The molecule has 0 radical (unpaired) electrons. The molecule has 1 heterocycles. The second kappa shape index (κ2) is 7.93. The number of aliphatic hydroxyl groups is 1. The maximum atomic E-state index is 10.3. The van der Waals surface area contributed by atoms with Gasteiger partial charge in [0.05, 0.1) is 5.78 Å². The summed E-state index contributed by atoms with van der Waals surface area (Å²) in [5, 5.41) is 22.4. The molecule has 13 heavy (non-hydrogen) atoms. The SMILES string of the molecule is O=C(O)O.O=C1CC=CO[C-]1O.[Na+]. The van der Waals surface area contributed by atoms with Crippen molar-refractivity contribution in [1.82, 2.24) is 0 Å². The first-order valence-corrected chi connectivity index (χ1v) is 2.86. The normalized spacial score (nSPS) is 13.3. The van der Waals surface area contributed by atoms with Crippen LogP contribution in [0.2, 0.25) is 0 Å². The number of aliphatic hydroxyl groups excluding tert-OH is 1. The molecule has 0 aliphatic carbocycles. The van der Waals surface area contributed by atoms with Gasteiger partial charge in [0.2, 0.25) is 0 Å². The van der Waals surface area contributed by atoms with Crippen molar-refractivity contribution in [3.05, 3.63) is 18.6 Å². The Morgan fingerprint density at radius 2 is 2.00 bits per heavy atom. The number of allylic oxidation sites excluding steroid dienone is 1. The molecule has 6 nitrogen and oxygen atoms in total. The van der Waals surface area contributed by atoms with Gasteiger partial charge in [-0.25, -0.2) is 4.79 Å². The number of carbonyl (C=O) groups excluding carboxylic acids is 1. The van der Waals surface area contributed by atoms with Crippen molar-refractivity contribution >= 4 is 11.9 Å². The summed E-state index contributed by atoms with van der Waals surface area (Å²) in [6.45, 7) is 0. The summed E-state index contributed by atoms with van der Waals surface area (Å²) in [7, 11) is 0. The van der Waals surface area contributed by atoms with Crippen molar-refractivity contribution < 1.29 is 59.2 Å². The fourth-order valence-electron chi connectivity index (χ4n) is 0.421. The topological polar surface area (TPSA) is 104 Å². The van der Waals surface area contributed by atoms with Crippen molar-refractivity contribution in [3.8, 4) is 0 Å². The van der Waals surface area contributed by atoms with Crippen LogP contribution in [0.25, 0.3) is 0 Å². The summed E-state index contributed by atoms with van der Waals surface area (Å²) in [4.78, 5) is 18.9. The predicted molar refractivity (Wildman–Crippen MR) is 35.7 cm³/mol. The third-order valence-corrected chi connectivity index (χ3v) is 0.818. The van der Waals surface area contributed by atoms with Crippen molar-refractivity contribution in [1.29, 1.82) is 0 Å². The summed E-state index contributed by atoms with van der Waals surface area (Å²) < 4.78 is 4.33. The zero-order valence-corrected chi connectivity index (χ0v) is 8.93. The Hall–Kier alpha value is -0.690. The fraction of sp³-hybridized carbons (Fsp3) is 0.167. The Morgan fingerprint density at radius 1 is 1.54 bits per heavy atom. The van der Waals surface area contributed by atoms with E-state index in [1.807, 2.05) is 0 Å². The molecule has 0 aromatic carbocycles. The standard InChI is InChI=1S/C5H5O3.CH2O3.Na/c6-4-2-1-3-8-5(4)7;2-1(3)4;/h1,3,7H,2H2;(H2,2,3,4);/q-1;;+1. The molecular weight excluding hydrogens is 191 g/mol. The van der Waals surface area contributed by atoms with E-state index in [0.29, 0.717) is 0 Å². The first-order valence-electron chi connectivity index (χ1n) is 2.86. The van der Waals surface area contributed by atoms with Crippen molar-refractivity contribution in [2.75, 3.05) is 0 Å². The van der Waals surface area contributed by atoms with Crippen molar-refractivity contribution in [2.45, 2.75) is 6.42 Å². The molecule has 0 spiro atoms. The van der Waals surface area contributed by atoms with Gasteiger partial charge < -0.3 is 24.9 Å². The third kappa shape index (κ3) is 9.22. The van der Waals surface area contributed by atoms with E-state index in [9.17, 15) is 4.79 Å². The van der Waals surface area contributed by atoms with Gasteiger partial charge in [-0.2, -0.15) is 0 Å². The summed E-state index contributed by atoms with van der Waals surface area (Å²) >= 11 is 0. The van der Waals surface area contributed by atoms with E-state index in [0.717, 1.165) is 0 Å². The smallest absolute Gasteiger partial charge is 0.612 e. The van der Waals surface area contributed by atoms with E-state index in [1.165, 1.54) is 6.26 Å². The van der Waals surface area contributed by atoms with E-state index in [2.05, 4.69) is 4.74 Å². The molecule has 0 atom stereocenters. The predicted octanol–water partition coefficient (Wildman–Crippen LogP) is -2.42. The van der Waals surface area contributed by atoms with Gasteiger partial charge in [-0.05, 0) is 12.4 Å². The number of ketones is 1. The maximum Gasteiger partial charge on any atom is 1.00 e. The molecule has 68 valence electrons. The van der Waals surface area contributed by atoms with Crippen LogP contribution in [-0.4, -0.2) is 27.3 Å². The Balaban J connectivity index is 0. The van der Waals surface area contributed by atoms with Crippen LogP contribution < -0.4 is 29.6 Å². The van der Waals surface area contributed by atoms with Gasteiger partial charge in [0.1, 0.15) is 0 Å². The van der Waals surface area contributed by atoms with Crippen LogP contribution in [0.4, 0.5) is 4.79 Å². The molecule has 7 heteroatoms. The van der Waals surface area contributed by atoms with E-state index < -0.39 is 12.4 Å². The van der Waals surface area contributed by atoms with Crippen molar-refractivity contribution in [2.24, 2.45) is 0 Å². The average molecular weight is 198 g/mol. The van der Waals surface area contributed by atoms with Gasteiger partial charge in [-0.1, -0.05) is 0 Å². The minimum atomic E-state index is -1.83. The van der Waals surface area contributed by atoms with E-state index in [4.69, 9.17) is 20.1 Å². The van der Waals surface area contributed by atoms with Gasteiger partial charge in [0.25, 0.3) is 0 Å². The molecule has 3 N–H and O–H groups in total. The molecular formula is C6H7NaO6. The van der Waals surface area contributed by atoms with Gasteiger partial charge in [-0.3, -0.25) is 0 Å². The van der Waals surface area contributed by atoms with Crippen LogP contribution in [0.5, 0.6) is 0 Å². The molecule has 0 bridgehead atoms. The summed E-state index contributed by atoms with van der Waals surface area (Å²) in [6, 6.07) is 0. The molecule has 0 aromatic rings. The van der Waals surface area contributed by atoms with Gasteiger partial charge in [0, 0.05) is 12.7 Å². The maximum absolute atomic E-state index is 10.3. The number of carboxylic acid groups (broad SMARTS) is 2. The van der Waals surface area contributed by atoms with E-state index >= 15 is 0 Å². The van der Waals surface area contributed by atoms with Crippen LogP contribution >= 0.6 is 0 Å². The quantitative estimate of drug-likeness (QED) is 0.295. The molecule has 1 rings (SSSR count). The Bertz CT molecular complexity index is 197. The number of Topliss-reactive ketones (excluding diaryl/α,β-unsaturated/α-hetero) is 1. The monoisotopic (exact) mass is 198 g/mol. The minimum absolute atomic E-state index is 0. The Morgan fingerprint density at radius 3 is 2.23 bits per heavy atom. The molecule has 0 saturated heterocycles. The Kier molecular flexibility index (Phi) is 9.04. The number of ether oxygens (including phenoxy) is 1. The molecule has 0 saturated carbocycles. The second-order valence-corrected chi connectivity index (χ2v) is 1.70. The second-order valence-electron chi connectivity index (χ2n) is 1.70. The van der Waals surface area contributed by atoms with Crippen LogP contribution in [0, 0.1) is 6.29 Å². The zero-order valence-electron chi connectivity index (χ0n) is 6.93. The largest absolute Gasteiger partial charge is 1.00 e. The molecule has 0 aromatic heterocycles. The zero-order chi connectivity index (χ0) is 9.56. The average Bonchev–Trinajstić information content (AvgIpc) is 1.94. The molecule has 1 aliphatic rings. The molecule has 1 aliphatic heterocycles. The van der Waals surface area contributed by atoms with Crippen LogP contribution in [-0.2, 0) is 9.53 Å². The van der Waals surface area contributed by atoms with Crippen LogP contribution in [0.3, 0.4) is 0 Å². The Labute approximate surface area is 96.1 Å². The van der Waals surface area contributed by atoms with Crippen LogP contribution in [0.1, 0.15) is 6.42 Å². The number of rotatable bonds is 0. The first kappa shape index (κ1) is 14.8. The fourth-order valence-corrected chi connectivity index (χ4v) is 0.421. The summed E-state index contributed by atoms with van der Waals surface area (Å²) in [6.07, 6.45) is 0.734. The van der Waals surface area contributed by atoms with E-state index in [1.54, 1.807) is 6.08 Å². The van der Waals surface area contributed by atoms with Gasteiger partial charge in [-0.15, -0.1) is 0 Å². The first-order chi connectivity index (χ1) is 5.54. The minimum Gasteiger partial charge on any atom is -0.612 e. The van der Waals surface area contributed by atoms with Gasteiger partial charge in [0.15, 0.2) is 0 Å². The summed E-state index contributed by atoms with van der Waals surface area (Å²) in [5.41, 5.74) is 0. The molecule has 0 unspecified atom stereocenters. The third-order valence-electron chi connectivity index (χ3n) is 0.818. The van der Waals surface area contributed by atoms with Gasteiger partial charge >= 0.3 is 35.7 Å². The number of hydrogen-bond donors (Lipinski definition) is 3. The number of carbonyl (C=O) groups is 2. The van der Waals surface area contributed by atoms with E-state index in [-0.39, 0.29) is 41.8 Å². The molecule has 0 amide bonds. The van der Waals surface area contributed by atoms with Crippen molar-refractivity contribution in [3.63, 3.8) is 0 Å². The summed E-state index contributed by atoms with van der Waals surface area (Å²) in [5.74, 6) is -0.368. The molecule has 0 fully saturated rings. The van der Waals surface area contributed by atoms with Crippen LogP contribution in [0.15, 0.2) is 12.3 Å².